The molecule has 1 saturated carbocycles. The first-order valence-corrected chi connectivity index (χ1v) is 8.09. The van der Waals surface area contributed by atoms with Gasteiger partial charge in [-0.25, -0.2) is 9.37 Å². The molecule has 0 spiro atoms. The lowest BCUT2D eigenvalue weighted by atomic mass is 10.2. The van der Waals surface area contributed by atoms with Gasteiger partial charge in [-0.05, 0) is 44.4 Å². The molecule has 0 bridgehead atoms. The van der Waals surface area contributed by atoms with Crippen LogP contribution in [-0.2, 0) is 17.9 Å². The maximum atomic E-state index is 13.0. The third kappa shape index (κ3) is 3.78. The van der Waals surface area contributed by atoms with Crippen LogP contribution in [0.3, 0.4) is 0 Å². The summed E-state index contributed by atoms with van der Waals surface area (Å²) in [4.78, 5) is 18.7. The van der Waals surface area contributed by atoms with E-state index in [0.29, 0.717) is 13.1 Å². The molecule has 1 heterocycles. The summed E-state index contributed by atoms with van der Waals surface area (Å²) in [6, 6.07) is 6.62. The van der Waals surface area contributed by atoms with Gasteiger partial charge in [-0.15, -0.1) is 0 Å². The van der Waals surface area contributed by atoms with Gasteiger partial charge in [0, 0.05) is 30.9 Å². The molecule has 122 valence electrons. The molecule has 0 N–H and O–H groups in total. The van der Waals surface area contributed by atoms with Gasteiger partial charge in [0.05, 0.1) is 6.54 Å². The van der Waals surface area contributed by atoms with Crippen molar-refractivity contribution >= 4 is 5.91 Å². The van der Waals surface area contributed by atoms with Crippen LogP contribution in [0.2, 0.25) is 0 Å². The van der Waals surface area contributed by atoms with E-state index in [1.165, 1.54) is 12.1 Å². The molecular formula is C18H22FN3O. The van der Waals surface area contributed by atoms with E-state index in [2.05, 4.69) is 4.98 Å². The molecule has 1 aromatic carbocycles. The van der Waals surface area contributed by atoms with Crippen LogP contribution in [0.15, 0.2) is 36.7 Å². The maximum Gasteiger partial charge on any atom is 0.226 e. The Balaban J connectivity index is 1.74. The van der Waals surface area contributed by atoms with Crippen molar-refractivity contribution in [1.82, 2.24) is 14.5 Å². The molecule has 5 heteroatoms. The van der Waals surface area contributed by atoms with Gasteiger partial charge in [-0.1, -0.05) is 12.1 Å². The number of hydrogen-bond acceptors (Lipinski definition) is 2. The standard InChI is InChI=1S/C18H22FN3O/c1-13(2)22(18(23)15-5-6-15)12-17-20-9-10-21(17)11-14-3-7-16(19)8-4-14/h3-4,7-10,13,15H,5-6,11-12H2,1-2H3. The Kier molecular flexibility index (Phi) is 4.46. The second kappa shape index (κ2) is 6.52. The number of carbonyl (C=O) groups excluding carboxylic acids is 1. The zero-order valence-electron chi connectivity index (χ0n) is 13.6. The Morgan fingerprint density at radius 2 is 2.04 bits per heavy atom. The van der Waals surface area contributed by atoms with Gasteiger partial charge in [0.15, 0.2) is 0 Å². The van der Waals surface area contributed by atoms with Crippen LogP contribution in [0.1, 0.15) is 38.1 Å². The molecule has 4 nitrogen and oxygen atoms in total. The fourth-order valence-corrected chi connectivity index (χ4v) is 2.65. The van der Waals surface area contributed by atoms with Crippen molar-refractivity contribution in [3.05, 3.63) is 53.9 Å². The summed E-state index contributed by atoms with van der Waals surface area (Å²) in [6.45, 7) is 5.21. The van der Waals surface area contributed by atoms with Crippen molar-refractivity contribution in [2.45, 2.75) is 45.8 Å². The average Bonchev–Trinajstić information content (AvgIpc) is 3.28. The number of aromatic nitrogens is 2. The minimum Gasteiger partial charge on any atom is -0.333 e. The highest BCUT2D eigenvalue weighted by molar-refractivity contribution is 5.81. The van der Waals surface area contributed by atoms with Crippen molar-refractivity contribution < 1.29 is 9.18 Å². The van der Waals surface area contributed by atoms with E-state index in [9.17, 15) is 9.18 Å². The third-order valence-corrected chi connectivity index (χ3v) is 4.21. The van der Waals surface area contributed by atoms with E-state index in [1.807, 2.05) is 29.5 Å². The molecular weight excluding hydrogens is 293 g/mol. The molecule has 0 unspecified atom stereocenters. The SMILES string of the molecule is CC(C)N(Cc1nccn1Cc1ccc(F)cc1)C(=O)C1CC1. The molecule has 23 heavy (non-hydrogen) atoms. The number of carbonyl (C=O) groups is 1. The average molecular weight is 315 g/mol. The fraction of sp³-hybridized carbons (Fsp3) is 0.444. The summed E-state index contributed by atoms with van der Waals surface area (Å²) in [7, 11) is 0. The van der Waals surface area contributed by atoms with E-state index in [0.717, 1.165) is 24.2 Å². The van der Waals surface area contributed by atoms with Crippen LogP contribution in [0.4, 0.5) is 4.39 Å². The lowest BCUT2D eigenvalue weighted by Gasteiger charge is -2.27. The monoisotopic (exact) mass is 315 g/mol. The zero-order chi connectivity index (χ0) is 16.4. The third-order valence-electron chi connectivity index (χ3n) is 4.21. The predicted molar refractivity (Wildman–Crippen MR) is 86.1 cm³/mol. The molecule has 3 rings (SSSR count). The van der Waals surface area contributed by atoms with E-state index >= 15 is 0 Å². The van der Waals surface area contributed by atoms with Crippen LogP contribution in [-0.4, -0.2) is 26.4 Å². The number of nitrogens with zero attached hydrogens (tertiary/aromatic N) is 3. The van der Waals surface area contributed by atoms with Crippen molar-refractivity contribution in [2.75, 3.05) is 0 Å². The molecule has 1 fully saturated rings. The number of imidazole rings is 1. The molecule has 0 saturated heterocycles. The van der Waals surface area contributed by atoms with Crippen LogP contribution < -0.4 is 0 Å². The van der Waals surface area contributed by atoms with Gasteiger partial charge in [0.1, 0.15) is 11.6 Å². The molecule has 0 radical (unpaired) electrons. The summed E-state index contributed by atoms with van der Waals surface area (Å²) >= 11 is 0. The summed E-state index contributed by atoms with van der Waals surface area (Å²) < 4.78 is 15.0. The van der Waals surface area contributed by atoms with Gasteiger partial charge in [-0.3, -0.25) is 4.79 Å². The van der Waals surface area contributed by atoms with Crippen molar-refractivity contribution in [3.8, 4) is 0 Å². The van der Waals surface area contributed by atoms with Crippen molar-refractivity contribution in [3.63, 3.8) is 0 Å². The van der Waals surface area contributed by atoms with Crippen LogP contribution in [0.5, 0.6) is 0 Å². The first-order chi connectivity index (χ1) is 11.0. The highest BCUT2D eigenvalue weighted by atomic mass is 19.1. The molecule has 1 aliphatic carbocycles. The Bertz CT molecular complexity index is 674. The largest absolute Gasteiger partial charge is 0.333 e. The van der Waals surface area contributed by atoms with E-state index in [1.54, 1.807) is 18.3 Å². The molecule has 1 aliphatic rings. The number of hydrogen-bond donors (Lipinski definition) is 0. The Morgan fingerprint density at radius 1 is 1.35 bits per heavy atom. The van der Waals surface area contributed by atoms with Gasteiger partial charge >= 0.3 is 0 Å². The molecule has 2 aromatic rings. The van der Waals surface area contributed by atoms with Crippen LogP contribution >= 0.6 is 0 Å². The number of benzene rings is 1. The summed E-state index contributed by atoms with van der Waals surface area (Å²) in [5, 5.41) is 0. The smallest absolute Gasteiger partial charge is 0.226 e. The Morgan fingerprint density at radius 3 is 2.65 bits per heavy atom. The van der Waals surface area contributed by atoms with E-state index < -0.39 is 0 Å². The highest BCUT2D eigenvalue weighted by Crippen LogP contribution is 2.32. The minimum absolute atomic E-state index is 0.152. The predicted octanol–water partition coefficient (Wildman–Crippen LogP) is 3.22. The normalized spacial score (nSPS) is 14.3. The molecule has 1 amide bonds. The number of rotatable bonds is 6. The first-order valence-electron chi connectivity index (χ1n) is 8.09. The number of halogens is 1. The quantitative estimate of drug-likeness (QED) is 0.821. The fourth-order valence-electron chi connectivity index (χ4n) is 2.65. The van der Waals surface area contributed by atoms with Gasteiger partial charge in [0.25, 0.3) is 0 Å². The summed E-state index contributed by atoms with van der Waals surface area (Å²) in [5.74, 6) is 1.06. The lowest BCUT2D eigenvalue weighted by Crippen LogP contribution is -2.38. The van der Waals surface area contributed by atoms with E-state index in [-0.39, 0.29) is 23.7 Å². The number of amides is 1. The maximum absolute atomic E-state index is 13.0. The van der Waals surface area contributed by atoms with E-state index in [4.69, 9.17) is 0 Å². The summed E-state index contributed by atoms with van der Waals surface area (Å²) in [6.07, 6.45) is 5.66. The molecule has 0 aliphatic heterocycles. The molecule has 1 aromatic heterocycles. The van der Waals surface area contributed by atoms with Gasteiger partial charge in [0.2, 0.25) is 5.91 Å². The summed E-state index contributed by atoms with van der Waals surface area (Å²) in [5.41, 5.74) is 1.01. The second-order valence-corrected chi connectivity index (χ2v) is 6.43. The topological polar surface area (TPSA) is 38.1 Å². The lowest BCUT2D eigenvalue weighted by molar-refractivity contribution is -0.135. The molecule has 0 atom stereocenters. The Hall–Kier alpha value is -2.17. The second-order valence-electron chi connectivity index (χ2n) is 6.43. The van der Waals surface area contributed by atoms with Crippen LogP contribution in [0.25, 0.3) is 0 Å². The van der Waals surface area contributed by atoms with Crippen molar-refractivity contribution in [2.24, 2.45) is 5.92 Å². The van der Waals surface area contributed by atoms with Crippen molar-refractivity contribution in [1.29, 1.82) is 0 Å². The highest BCUT2D eigenvalue weighted by Gasteiger charge is 2.34. The first kappa shape index (κ1) is 15.7. The minimum atomic E-state index is -0.236. The van der Waals surface area contributed by atoms with Gasteiger partial charge in [-0.2, -0.15) is 0 Å². The van der Waals surface area contributed by atoms with Gasteiger partial charge < -0.3 is 9.47 Å². The van der Waals surface area contributed by atoms with Crippen LogP contribution in [0, 0.1) is 11.7 Å². The zero-order valence-corrected chi connectivity index (χ0v) is 13.6. The Labute approximate surface area is 135 Å².